The lowest BCUT2D eigenvalue weighted by Crippen LogP contribution is -2.47. The van der Waals surface area contributed by atoms with Crippen LogP contribution in [0.25, 0.3) is 0 Å². The lowest BCUT2D eigenvalue weighted by Gasteiger charge is -2.29. The molecule has 1 aliphatic rings. The van der Waals surface area contributed by atoms with Gasteiger partial charge in [0.25, 0.3) is 5.91 Å². The quantitative estimate of drug-likeness (QED) is 0.191. The van der Waals surface area contributed by atoms with Gasteiger partial charge in [0, 0.05) is 12.3 Å². The Morgan fingerprint density at radius 3 is 2.41 bits per heavy atom. The minimum Gasteiger partial charge on any atom is -0.493 e. The third kappa shape index (κ3) is 10.2. The molecule has 14 nitrogen and oxygen atoms in total. The molecule has 2 heterocycles. The van der Waals surface area contributed by atoms with Crippen molar-refractivity contribution in [3.8, 4) is 11.5 Å². The van der Waals surface area contributed by atoms with Crippen LogP contribution >= 0.6 is 0 Å². The minimum atomic E-state index is -1.47. The van der Waals surface area contributed by atoms with E-state index in [1.54, 1.807) is 39.8 Å². The van der Waals surface area contributed by atoms with Crippen LogP contribution in [-0.4, -0.2) is 86.2 Å². The number of rotatable bonds is 13. The summed E-state index contributed by atoms with van der Waals surface area (Å²) in [5.74, 6) is -5.50. The molecule has 4 unspecified atom stereocenters. The normalized spacial score (nSPS) is 20.0. The van der Waals surface area contributed by atoms with Crippen LogP contribution in [0, 0.1) is 11.8 Å². The van der Waals surface area contributed by atoms with Gasteiger partial charge in [-0.3, -0.25) is 14.4 Å². The molecule has 0 spiro atoms. The highest BCUT2D eigenvalue weighted by molar-refractivity contribution is 5.98. The highest BCUT2D eigenvalue weighted by atomic mass is 16.7. The lowest BCUT2D eigenvalue weighted by molar-refractivity contribution is -0.176. The van der Waals surface area contributed by atoms with Crippen LogP contribution in [0.3, 0.4) is 0 Å². The van der Waals surface area contributed by atoms with Crippen molar-refractivity contribution in [3.05, 3.63) is 53.9 Å². The van der Waals surface area contributed by atoms with E-state index in [0.717, 1.165) is 5.56 Å². The van der Waals surface area contributed by atoms with Crippen molar-refractivity contribution in [2.24, 2.45) is 11.8 Å². The molecule has 1 aromatic heterocycles. The number of methoxy groups -OCH3 is 1. The van der Waals surface area contributed by atoms with Crippen molar-refractivity contribution in [1.82, 2.24) is 10.3 Å². The van der Waals surface area contributed by atoms with Gasteiger partial charge in [0.2, 0.25) is 6.79 Å². The van der Waals surface area contributed by atoms with Gasteiger partial charge in [-0.15, -0.1) is 0 Å². The summed E-state index contributed by atoms with van der Waals surface area (Å²) in [4.78, 5) is 68.7. The van der Waals surface area contributed by atoms with E-state index in [1.165, 1.54) is 26.3 Å². The Bertz CT molecular complexity index is 1360. The van der Waals surface area contributed by atoms with E-state index in [2.05, 4.69) is 10.3 Å². The van der Waals surface area contributed by atoms with E-state index < -0.39 is 73.3 Å². The Morgan fingerprint density at radius 1 is 1.04 bits per heavy atom. The topological polar surface area (TPSA) is 175 Å². The summed E-state index contributed by atoms with van der Waals surface area (Å²) in [5, 5.41) is 2.46. The molecule has 0 saturated carbocycles. The molecule has 1 fully saturated rings. The van der Waals surface area contributed by atoms with E-state index in [0.29, 0.717) is 0 Å². The second kappa shape index (κ2) is 17.1. The number of esters is 4. The van der Waals surface area contributed by atoms with Gasteiger partial charge in [-0.05, 0) is 32.8 Å². The van der Waals surface area contributed by atoms with E-state index in [-0.39, 0.29) is 36.3 Å². The third-order valence-corrected chi connectivity index (χ3v) is 6.73. The first-order chi connectivity index (χ1) is 21.9. The minimum absolute atomic E-state index is 0.0882. The Balaban J connectivity index is 1.81. The SMILES string of the molecule is COc1ccnc(C(=O)NC2COC(=O)C(Cc3ccccc3)C(OC(=O)C(C)C)C(C)OC2=O)c1OCOC(=O)COC(C)C. The first kappa shape index (κ1) is 35.8. The highest BCUT2D eigenvalue weighted by Crippen LogP contribution is 2.30. The molecule has 0 bridgehead atoms. The fourth-order valence-electron chi connectivity index (χ4n) is 4.30. The summed E-state index contributed by atoms with van der Waals surface area (Å²) in [5.41, 5.74) is 0.457. The molecule has 0 aliphatic carbocycles. The van der Waals surface area contributed by atoms with Gasteiger partial charge in [0.15, 0.2) is 29.3 Å². The highest BCUT2D eigenvalue weighted by Gasteiger charge is 2.42. The second-order valence-electron chi connectivity index (χ2n) is 11.0. The predicted molar refractivity (Wildman–Crippen MR) is 160 cm³/mol. The predicted octanol–water partition coefficient (Wildman–Crippen LogP) is 2.41. The molecule has 14 heteroatoms. The summed E-state index contributed by atoms with van der Waals surface area (Å²) in [6.45, 7) is 6.81. The van der Waals surface area contributed by atoms with Crippen LogP contribution in [-0.2, 0) is 49.3 Å². The van der Waals surface area contributed by atoms with Crippen LogP contribution in [0.2, 0.25) is 0 Å². The van der Waals surface area contributed by atoms with Crippen LogP contribution in [0.15, 0.2) is 42.6 Å². The average molecular weight is 645 g/mol. The number of hydrogen-bond donors (Lipinski definition) is 1. The third-order valence-electron chi connectivity index (χ3n) is 6.73. The molecule has 1 amide bonds. The zero-order valence-corrected chi connectivity index (χ0v) is 26.7. The van der Waals surface area contributed by atoms with Gasteiger partial charge in [-0.25, -0.2) is 14.6 Å². The molecular weight excluding hydrogens is 604 g/mol. The maximum atomic E-state index is 13.4. The van der Waals surface area contributed by atoms with Gasteiger partial charge >= 0.3 is 23.9 Å². The Kier molecular flexibility index (Phi) is 13.3. The van der Waals surface area contributed by atoms with Gasteiger partial charge < -0.3 is 38.5 Å². The second-order valence-corrected chi connectivity index (χ2v) is 11.0. The Hall–Kier alpha value is -4.72. The molecule has 1 N–H and O–H groups in total. The van der Waals surface area contributed by atoms with Crippen LogP contribution < -0.4 is 14.8 Å². The van der Waals surface area contributed by atoms with Gasteiger partial charge in [-0.2, -0.15) is 0 Å². The lowest BCUT2D eigenvalue weighted by atomic mass is 9.91. The van der Waals surface area contributed by atoms with Crippen molar-refractivity contribution >= 4 is 29.8 Å². The number of benzene rings is 1. The average Bonchev–Trinajstić information content (AvgIpc) is 3.06. The zero-order chi connectivity index (χ0) is 33.8. The van der Waals surface area contributed by atoms with E-state index >= 15 is 0 Å². The molecule has 4 atom stereocenters. The zero-order valence-electron chi connectivity index (χ0n) is 26.7. The number of ether oxygens (including phenoxy) is 7. The van der Waals surface area contributed by atoms with E-state index in [9.17, 15) is 24.0 Å². The molecule has 1 saturated heterocycles. The summed E-state index contributed by atoms with van der Waals surface area (Å²) < 4.78 is 37.8. The molecular formula is C32H40N2O12. The van der Waals surface area contributed by atoms with Crippen LogP contribution in [0.4, 0.5) is 0 Å². The van der Waals surface area contributed by atoms with Crippen molar-refractivity contribution in [3.63, 3.8) is 0 Å². The number of hydrogen-bond acceptors (Lipinski definition) is 13. The number of nitrogens with zero attached hydrogens (tertiary/aromatic N) is 1. The fraction of sp³-hybridized carbons (Fsp3) is 0.500. The standard InChI is InChI=1S/C32H40N2O12/c1-18(2)30(37)46-27-20(5)45-32(39)23(15-42-31(38)22(27)14-21-10-8-7-9-11-21)34-29(36)26-28(24(40-6)12-13-33-26)44-17-43-25(35)16-41-19(3)4/h7-13,18-20,22-23,27H,14-17H2,1-6H3,(H,34,36). The Labute approximate surface area is 267 Å². The first-order valence-electron chi connectivity index (χ1n) is 14.8. The number of amides is 1. The van der Waals surface area contributed by atoms with Gasteiger partial charge in [-0.1, -0.05) is 44.2 Å². The molecule has 1 aromatic carbocycles. The molecule has 2 aromatic rings. The number of pyridine rings is 1. The molecule has 0 radical (unpaired) electrons. The number of carbonyl (C=O) groups excluding carboxylic acids is 5. The van der Waals surface area contributed by atoms with Crippen molar-refractivity contribution in [2.75, 3.05) is 27.1 Å². The molecule has 46 heavy (non-hydrogen) atoms. The van der Waals surface area contributed by atoms with Crippen molar-refractivity contribution < 1.29 is 57.1 Å². The number of carbonyl (C=O) groups is 5. The van der Waals surface area contributed by atoms with Crippen LogP contribution in [0.5, 0.6) is 11.5 Å². The summed E-state index contributed by atoms with van der Waals surface area (Å²) in [6.07, 6.45) is -1.04. The molecule has 1 aliphatic heterocycles. The number of cyclic esters (lactones) is 2. The molecule has 3 rings (SSSR count). The smallest absolute Gasteiger partial charge is 0.334 e. The van der Waals surface area contributed by atoms with Gasteiger partial charge in [0.05, 0.1) is 19.1 Å². The summed E-state index contributed by atoms with van der Waals surface area (Å²) in [6, 6.07) is 8.99. The van der Waals surface area contributed by atoms with Crippen molar-refractivity contribution in [2.45, 2.75) is 65.4 Å². The Morgan fingerprint density at radius 2 is 1.76 bits per heavy atom. The molecule has 250 valence electrons. The van der Waals surface area contributed by atoms with Crippen LogP contribution in [0.1, 0.15) is 50.7 Å². The monoisotopic (exact) mass is 644 g/mol. The van der Waals surface area contributed by atoms with Gasteiger partial charge in [0.1, 0.15) is 25.2 Å². The number of nitrogens with one attached hydrogen (secondary N) is 1. The summed E-state index contributed by atoms with van der Waals surface area (Å²) in [7, 11) is 1.33. The maximum absolute atomic E-state index is 13.4. The van der Waals surface area contributed by atoms with Crippen molar-refractivity contribution in [1.29, 1.82) is 0 Å². The first-order valence-corrected chi connectivity index (χ1v) is 14.8. The summed E-state index contributed by atoms with van der Waals surface area (Å²) >= 11 is 0. The number of aromatic nitrogens is 1. The fourth-order valence-corrected chi connectivity index (χ4v) is 4.30. The van der Waals surface area contributed by atoms with E-state index in [4.69, 9.17) is 33.2 Å². The van der Waals surface area contributed by atoms with E-state index in [1.807, 2.05) is 18.2 Å². The maximum Gasteiger partial charge on any atom is 0.334 e. The largest absolute Gasteiger partial charge is 0.493 e.